The van der Waals surface area contributed by atoms with Crippen LogP contribution in [0.3, 0.4) is 0 Å². The molecule has 1 N–H and O–H groups in total. The Morgan fingerprint density at radius 2 is 1.95 bits per heavy atom. The third-order valence-corrected chi connectivity index (χ3v) is 3.25. The van der Waals surface area contributed by atoms with E-state index >= 15 is 0 Å². The molecule has 1 aromatic carbocycles. The highest BCUT2D eigenvalue weighted by Crippen LogP contribution is 2.18. The number of carbonyl (C=O) groups excluding carboxylic acids is 1. The molecule has 0 saturated carbocycles. The average molecular weight is 279 g/mol. The van der Waals surface area contributed by atoms with Gasteiger partial charge in [0.1, 0.15) is 11.5 Å². The number of ether oxygens (including phenoxy) is 2. The number of carbonyl (C=O) groups is 1. The van der Waals surface area contributed by atoms with E-state index in [1.165, 1.54) is 0 Å². The van der Waals surface area contributed by atoms with Gasteiger partial charge in [0.05, 0.1) is 12.7 Å². The third kappa shape index (κ3) is 4.13. The number of amides is 1. The van der Waals surface area contributed by atoms with Crippen molar-refractivity contribution < 1.29 is 19.4 Å². The van der Waals surface area contributed by atoms with Crippen molar-refractivity contribution in [1.29, 1.82) is 0 Å². The maximum atomic E-state index is 12.0. The smallest absolute Gasteiger partial charge is 0.260 e. The molecule has 1 atom stereocenters. The number of β-amino-alcohol motifs (C(OH)–C–C–N with tert-alkyl or cyclic N) is 1. The number of nitrogens with zero attached hydrogens (tertiary/aromatic N) is 1. The summed E-state index contributed by atoms with van der Waals surface area (Å²) in [4.78, 5) is 13.6. The molecule has 1 amide bonds. The van der Waals surface area contributed by atoms with Gasteiger partial charge >= 0.3 is 0 Å². The molecule has 5 heteroatoms. The van der Waals surface area contributed by atoms with Crippen LogP contribution >= 0.6 is 0 Å². The summed E-state index contributed by atoms with van der Waals surface area (Å²) in [5.74, 6) is 1.34. The van der Waals surface area contributed by atoms with Crippen LogP contribution in [0.4, 0.5) is 0 Å². The highest BCUT2D eigenvalue weighted by Gasteiger charge is 2.22. The summed E-state index contributed by atoms with van der Waals surface area (Å²) in [6.45, 7) is 3.65. The fraction of sp³-hybridized carbons (Fsp3) is 0.533. The van der Waals surface area contributed by atoms with Crippen LogP contribution in [-0.4, -0.2) is 48.3 Å². The maximum absolute atomic E-state index is 12.0. The maximum Gasteiger partial charge on any atom is 0.260 e. The zero-order valence-electron chi connectivity index (χ0n) is 11.7. The topological polar surface area (TPSA) is 59.0 Å². The predicted molar refractivity (Wildman–Crippen MR) is 74.9 cm³/mol. The van der Waals surface area contributed by atoms with E-state index in [-0.39, 0.29) is 12.5 Å². The lowest BCUT2D eigenvalue weighted by atomic mass is 10.1. The predicted octanol–water partition coefficient (Wildman–Crippen LogP) is 1.45. The Kier molecular flexibility index (Phi) is 5.24. The van der Waals surface area contributed by atoms with Crippen LogP contribution in [0.1, 0.15) is 19.8 Å². The zero-order chi connectivity index (χ0) is 14.4. The first-order valence-corrected chi connectivity index (χ1v) is 7.00. The second-order valence-corrected chi connectivity index (χ2v) is 4.83. The molecular formula is C15H21NO4. The van der Waals surface area contributed by atoms with Crippen LogP contribution in [0, 0.1) is 0 Å². The summed E-state index contributed by atoms with van der Waals surface area (Å²) < 4.78 is 10.8. The fourth-order valence-electron chi connectivity index (χ4n) is 2.22. The summed E-state index contributed by atoms with van der Waals surface area (Å²) in [5.41, 5.74) is 0. The number of hydrogen-bond acceptors (Lipinski definition) is 4. The minimum absolute atomic E-state index is 0.000696. The van der Waals surface area contributed by atoms with Crippen LogP contribution in [0.2, 0.25) is 0 Å². The normalized spacial score (nSPS) is 18.7. The summed E-state index contributed by atoms with van der Waals surface area (Å²) in [6, 6.07) is 7.19. The van der Waals surface area contributed by atoms with E-state index in [1.54, 1.807) is 17.0 Å². The monoisotopic (exact) mass is 279 g/mol. The molecule has 2 rings (SSSR count). The van der Waals surface area contributed by atoms with Gasteiger partial charge in [-0.05, 0) is 44.0 Å². The molecule has 5 nitrogen and oxygen atoms in total. The second-order valence-electron chi connectivity index (χ2n) is 4.83. The SMILES string of the molecule is CCOc1ccc(OCC(=O)N2CCCC(O)C2)cc1. The third-order valence-electron chi connectivity index (χ3n) is 3.25. The Morgan fingerprint density at radius 3 is 2.55 bits per heavy atom. The number of benzene rings is 1. The molecule has 1 fully saturated rings. The van der Waals surface area contributed by atoms with E-state index in [0.29, 0.717) is 25.4 Å². The van der Waals surface area contributed by atoms with E-state index < -0.39 is 6.10 Å². The summed E-state index contributed by atoms with van der Waals surface area (Å²) in [5, 5.41) is 9.55. The lowest BCUT2D eigenvalue weighted by molar-refractivity contribution is -0.136. The second kappa shape index (κ2) is 7.14. The van der Waals surface area contributed by atoms with Crippen molar-refractivity contribution in [2.24, 2.45) is 0 Å². The first kappa shape index (κ1) is 14.7. The van der Waals surface area contributed by atoms with Crippen molar-refractivity contribution >= 4 is 5.91 Å². The van der Waals surface area contributed by atoms with Gasteiger partial charge in [0.15, 0.2) is 6.61 Å². The first-order valence-electron chi connectivity index (χ1n) is 7.00. The molecule has 110 valence electrons. The van der Waals surface area contributed by atoms with Crippen LogP contribution in [-0.2, 0) is 4.79 Å². The number of piperidine rings is 1. The van der Waals surface area contributed by atoms with Crippen LogP contribution < -0.4 is 9.47 Å². The summed E-state index contributed by atoms with van der Waals surface area (Å²) in [6.07, 6.45) is 1.21. The Morgan fingerprint density at radius 1 is 1.30 bits per heavy atom. The minimum Gasteiger partial charge on any atom is -0.494 e. The highest BCUT2D eigenvalue weighted by atomic mass is 16.5. The molecule has 0 radical (unpaired) electrons. The van der Waals surface area contributed by atoms with Gasteiger partial charge in [-0.2, -0.15) is 0 Å². The highest BCUT2D eigenvalue weighted by molar-refractivity contribution is 5.77. The van der Waals surface area contributed by atoms with Gasteiger partial charge < -0.3 is 19.5 Å². The number of likely N-dealkylation sites (tertiary alicyclic amines) is 1. The largest absolute Gasteiger partial charge is 0.494 e. The van der Waals surface area contributed by atoms with Gasteiger partial charge in [-0.15, -0.1) is 0 Å². The van der Waals surface area contributed by atoms with E-state index in [9.17, 15) is 9.90 Å². The molecule has 0 aliphatic carbocycles. The molecule has 1 unspecified atom stereocenters. The number of rotatable bonds is 5. The van der Waals surface area contributed by atoms with Gasteiger partial charge in [-0.1, -0.05) is 0 Å². The Hall–Kier alpha value is -1.75. The molecular weight excluding hydrogens is 258 g/mol. The fourth-order valence-corrected chi connectivity index (χ4v) is 2.22. The van der Waals surface area contributed by atoms with E-state index in [2.05, 4.69) is 0 Å². The molecule has 20 heavy (non-hydrogen) atoms. The molecule has 1 heterocycles. The van der Waals surface area contributed by atoms with Crippen molar-refractivity contribution in [3.8, 4) is 11.5 Å². The van der Waals surface area contributed by atoms with Gasteiger partial charge in [0.2, 0.25) is 0 Å². The Labute approximate surface area is 119 Å². The molecule has 0 spiro atoms. The number of aliphatic hydroxyl groups excluding tert-OH is 1. The minimum atomic E-state index is -0.404. The van der Waals surface area contributed by atoms with E-state index in [1.807, 2.05) is 19.1 Å². The molecule has 1 saturated heterocycles. The molecule has 0 bridgehead atoms. The lowest BCUT2D eigenvalue weighted by Gasteiger charge is -2.30. The van der Waals surface area contributed by atoms with E-state index in [4.69, 9.17) is 9.47 Å². The van der Waals surface area contributed by atoms with Crippen molar-refractivity contribution in [3.63, 3.8) is 0 Å². The average Bonchev–Trinajstić information content (AvgIpc) is 2.46. The Bertz CT molecular complexity index is 432. The van der Waals surface area contributed by atoms with Crippen LogP contribution in [0.5, 0.6) is 11.5 Å². The van der Waals surface area contributed by atoms with Crippen molar-refractivity contribution in [3.05, 3.63) is 24.3 Å². The molecule has 1 aliphatic heterocycles. The quantitative estimate of drug-likeness (QED) is 0.886. The molecule has 0 aromatic heterocycles. The van der Waals surface area contributed by atoms with Gasteiger partial charge in [0.25, 0.3) is 5.91 Å². The number of aliphatic hydroxyl groups is 1. The van der Waals surface area contributed by atoms with Gasteiger partial charge in [0, 0.05) is 13.1 Å². The van der Waals surface area contributed by atoms with Crippen molar-refractivity contribution in [2.75, 3.05) is 26.3 Å². The molecule has 1 aliphatic rings. The number of hydrogen-bond donors (Lipinski definition) is 1. The Balaban J connectivity index is 1.80. The van der Waals surface area contributed by atoms with Crippen LogP contribution in [0.15, 0.2) is 24.3 Å². The first-order chi connectivity index (χ1) is 9.69. The van der Waals surface area contributed by atoms with Gasteiger partial charge in [-0.3, -0.25) is 4.79 Å². The summed E-state index contributed by atoms with van der Waals surface area (Å²) in [7, 11) is 0. The lowest BCUT2D eigenvalue weighted by Crippen LogP contribution is -2.44. The summed E-state index contributed by atoms with van der Waals surface area (Å²) >= 11 is 0. The van der Waals surface area contributed by atoms with Gasteiger partial charge in [-0.25, -0.2) is 0 Å². The standard InChI is InChI=1S/C15H21NO4/c1-2-19-13-5-7-14(8-6-13)20-11-15(18)16-9-3-4-12(17)10-16/h5-8,12,17H,2-4,9-11H2,1H3. The van der Waals surface area contributed by atoms with Crippen LogP contribution in [0.25, 0.3) is 0 Å². The van der Waals surface area contributed by atoms with Crippen molar-refractivity contribution in [1.82, 2.24) is 4.90 Å². The van der Waals surface area contributed by atoms with E-state index in [0.717, 1.165) is 18.6 Å². The zero-order valence-corrected chi connectivity index (χ0v) is 11.7. The molecule has 1 aromatic rings. The van der Waals surface area contributed by atoms with Crippen molar-refractivity contribution in [2.45, 2.75) is 25.9 Å².